The first-order chi connectivity index (χ1) is 12.4. The Labute approximate surface area is 152 Å². The number of hydrogen-bond donors (Lipinski definition) is 2. The van der Waals surface area contributed by atoms with Crippen molar-refractivity contribution in [1.29, 1.82) is 0 Å². The predicted molar refractivity (Wildman–Crippen MR) is 93.8 cm³/mol. The normalized spacial score (nSPS) is 10.6. The van der Waals surface area contributed by atoms with E-state index in [1.165, 1.54) is 38.6 Å². The van der Waals surface area contributed by atoms with Gasteiger partial charge in [-0.05, 0) is 12.1 Å². The smallest absolute Gasteiger partial charge is 0.308 e. The highest BCUT2D eigenvalue weighted by Gasteiger charge is 2.15. The molecule has 0 bridgehead atoms. The van der Waals surface area contributed by atoms with Crippen LogP contribution in [0.15, 0.2) is 30.6 Å². The van der Waals surface area contributed by atoms with E-state index in [0.717, 1.165) is 6.07 Å². The van der Waals surface area contributed by atoms with Gasteiger partial charge in [-0.25, -0.2) is 14.4 Å². The van der Waals surface area contributed by atoms with Crippen molar-refractivity contribution in [3.05, 3.63) is 41.4 Å². The van der Waals surface area contributed by atoms with Crippen molar-refractivity contribution in [2.45, 2.75) is 6.92 Å². The molecule has 134 valence electrons. The molecule has 7 nitrogen and oxygen atoms in total. The number of carbonyl (C=O) groups excluding carboxylic acids is 1. The number of rotatable bonds is 4. The first kappa shape index (κ1) is 17.7. The van der Waals surface area contributed by atoms with Gasteiger partial charge in [0.1, 0.15) is 18.0 Å². The SMILES string of the molecule is COc1cc2c(Nc3cc(OC(C)=O)c(Cl)cc3F)ncnc2cc1O. The van der Waals surface area contributed by atoms with Crippen LogP contribution >= 0.6 is 11.6 Å². The van der Waals surface area contributed by atoms with Crippen LogP contribution in [0.4, 0.5) is 15.9 Å². The van der Waals surface area contributed by atoms with E-state index in [1.54, 1.807) is 0 Å². The molecule has 0 saturated carbocycles. The summed E-state index contributed by atoms with van der Waals surface area (Å²) in [4.78, 5) is 19.3. The zero-order chi connectivity index (χ0) is 18.8. The van der Waals surface area contributed by atoms with Crippen LogP contribution in [-0.2, 0) is 4.79 Å². The Kier molecular flexibility index (Phi) is 4.77. The zero-order valence-electron chi connectivity index (χ0n) is 13.7. The molecule has 0 radical (unpaired) electrons. The molecule has 0 aliphatic heterocycles. The molecule has 0 spiro atoms. The summed E-state index contributed by atoms with van der Waals surface area (Å²) < 4.78 is 24.3. The van der Waals surface area contributed by atoms with E-state index in [9.17, 15) is 14.3 Å². The van der Waals surface area contributed by atoms with Gasteiger partial charge in [-0.3, -0.25) is 4.79 Å². The maximum absolute atomic E-state index is 14.3. The highest BCUT2D eigenvalue weighted by Crippen LogP contribution is 2.36. The van der Waals surface area contributed by atoms with E-state index in [4.69, 9.17) is 21.1 Å². The van der Waals surface area contributed by atoms with Crippen LogP contribution in [-0.4, -0.2) is 28.2 Å². The Morgan fingerprint density at radius 2 is 2.00 bits per heavy atom. The number of fused-ring (bicyclic) bond motifs is 1. The van der Waals surface area contributed by atoms with Crippen LogP contribution in [0.2, 0.25) is 5.02 Å². The molecule has 0 aliphatic rings. The Morgan fingerprint density at radius 3 is 2.69 bits per heavy atom. The molecule has 2 aromatic carbocycles. The fourth-order valence-electron chi connectivity index (χ4n) is 2.32. The Balaban J connectivity index is 2.07. The van der Waals surface area contributed by atoms with Crippen molar-refractivity contribution in [3.8, 4) is 17.2 Å². The molecular weight excluding hydrogens is 365 g/mol. The number of esters is 1. The zero-order valence-corrected chi connectivity index (χ0v) is 14.5. The van der Waals surface area contributed by atoms with Crippen molar-refractivity contribution >= 4 is 40.0 Å². The molecule has 26 heavy (non-hydrogen) atoms. The summed E-state index contributed by atoms with van der Waals surface area (Å²) in [7, 11) is 1.40. The van der Waals surface area contributed by atoms with Crippen molar-refractivity contribution in [2.75, 3.05) is 12.4 Å². The van der Waals surface area contributed by atoms with Crippen LogP contribution in [0.3, 0.4) is 0 Å². The van der Waals surface area contributed by atoms with E-state index in [2.05, 4.69) is 15.3 Å². The largest absolute Gasteiger partial charge is 0.504 e. The van der Waals surface area contributed by atoms with Gasteiger partial charge in [0.2, 0.25) is 0 Å². The van der Waals surface area contributed by atoms with Gasteiger partial charge in [-0.15, -0.1) is 0 Å². The summed E-state index contributed by atoms with van der Waals surface area (Å²) in [5.41, 5.74) is 0.424. The Bertz CT molecular complexity index is 1010. The molecule has 3 rings (SSSR count). The number of benzene rings is 2. The van der Waals surface area contributed by atoms with Crippen LogP contribution in [0.25, 0.3) is 10.9 Å². The van der Waals surface area contributed by atoms with E-state index < -0.39 is 11.8 Å². The molecule has 1 aromatic heterocycles. The number of halogens is 2. The van der Waals surface area contributed by atoms with Gasteiger partial charge in [-0.2, -0.15) is 0 Å². The Hall–Kier alpha value is -3.13. The van der Waals surface area contributed by atoms with Crippen molar-refractivity contribution in [1.82, 2.24) is 9.97 Å². The molecule has 0 atom stereocenters. The van der Waals surface area contributed by atoms with E-state index in [-0.39, 0.29) is 33.8 Å². The lowest BCUT2D eigenvalue weighted by atomic mass is 10.2. The molecule has 0 saturated heterocycles. The lowest BCUT2D eigenvalue weighted by molar-refractivity contribution is -0.131. The number of methoxy groups -OCH3 is 1. The molecule has 0 aliphatic carbocycles. The molecule has 0 unspecified atom stereocenters. The van der Waals surface area contributed by atoms with Crippen LogP contribution in [0.1, 0.15) is 6.92 Å². The number of hydrogen-bond acceptors (Lipinski definition) is 7. The maximum Gasteiger partial charge on any atom is 0.308 e. The summed E-state index contributed by atoms with van der Waals surface area (Å²) in [5, 5.41) is 13.1. The van der Waals surface area contributed by atoms with Crippen molar-refractivity contribution in [3.63, 3.8) is 0 Å². The average molecular weight is 378 g/mol. The number of ether oxygens (including phenoxy) is 2. The number of aromatic nitrogens is 2. The second-order valence-corrected chi connectivity index (χ2v) is 5.65. The highest BCUT2D eigenvalue weighted by molar-refractivity contribution is 6.32. The molecule has 0 amide bonds. The summed E-state index contributed by atoms with van der Waals surface area (Å²) in [6.45, 7) is 1.21. The third kappa shape index (κ3) is 3.45. The second kappa shape index (κ2) is 7.01. The first-order valence-corrected chi connectivity index (χ1v) is 7.73. The lowest BCUT2D eigenvalue weighted by Crippen LogP contribution is -2.04. The Morgan fingerprint density at radius 1 is 1.23 bits per heavy atom. The van der Waals surface area contributed by atoms with Gasteiger partial charge in [0.15, 0.2) is 17.2 Å². The third-order valence-corrected chi connectivity index (χ3v) is 3.76. The number of phenolic OH excluding ortho intramolecular Hbond substituents is 1. The average Bonchev–Trinajstić information content (AvgIpc) is 2.58. The fraction of sp³-hybridized carbons (Fsp3) is 0.118. The molecule has 0 fully saturated rings. The topological polar surface area (TPSA) is 93.6 Å². The van der Waals surface area contributed by atoms with Gasteiger partial charge in [-0.1, -0.05) is 11.6 Å². The maximum atomic E-state index is 14.3. The molecule has 3 aromatic rings. The quantitative estimate of drug-likeness (QED) is 0.527. The molecule has 2 N–H and O–H groups in total. The van der Waals surface area contributed by atoms with Gasteiger partial charge < -0.3 is 19.9 Å². The molecular formula is C17H13ClFN3O4. The van der Waals surface area contributed by atoms with E-state index in [1.807, 2.05) is 0 Å². The number of nitrogens with zero attached hydrogens (tertiary/aromatic N) is 2. The van der Waals surface area contributed by atoms with Crippen LogP contribution in [0, 0.1) is 5.82 Å². The minimum atomic E-state index is -0.664. The van der Waals surface area contributed by atoms with Gasteiger partial charge in [0.05, 0.1) is 23.3 Å². The molecule has 1 heterocycles. The van der Waals surface area contributed by atoms with E-state index in [0.29, 0.717) is 10.9 Å². The summed E-state index contributed by atoms with van der Waals surface area (Å²) in [5.74, 6) is -0.840. The summed E-state index contributed by atoms with van der Waals surface area (Å²) in [6.07, 6.45) is 1.26. The van der Waals surface area contributed by atoms with Crippen LogP contribution < -0.4 is 14.8 Å². The van der Waals surface area contributed by atoms with Crippen molar-refractivity contribution < 1.29 is 23.8 Å². The molecule has 9 heteroatoms. The predicted octanol–water partition coefficient (Wildman–Crippen LogP) is 3.81. The third-order valence-electron chi connectivity index (χ3n) is 3.46. The van der Waals surface area contributed by atoms with Crippen molar-refractivity contribution in [2.24, 2.45) is 0 Å². The number of carbonyl (C=O) groups is 1. The van der Waals surface area contributed by atoms with Crippen LogP contribution in [0.5, 0.6) is 17.2 Å². The summed E-state index contributed by atoms with van der Waals surface area (Å²) in [6, 6.07) is 5.21. The van der Waals surface area contributed by atoms with Gasteiger partial charge >= 0.3 is 5.97 Å². The number of anilines is 2. The van der Waals surface area contributed by atoms with Gasteiger partial charge in [0.25, 0.3) is 0 Å². The first-order valence-electron chi connectivity index (χ1n) is 7.35. The van der Waals surface area contributed by atoms with Gasteiger partial charge in [0, 0.05) is 24.4 Å². The minimum Gasteiger partial charge on any atom is -0.504 e. The number of aromatic hydroxyl groups is 1. The second-order valence-electron chi connectivity index (χ2n) is 5.24. The summed E-state index contributed by atoms with van der Waals surface area (Å²) >= 11 is 5.89. The lowest BCUT2D eigenvalue weighted by Gasteiger charge is -2.13. The van der Waals surface area contributed by atoms with E-state index >= 15 is 0 Å². The minimum absolute atomic E-state index is 0.00214. The standard InChI is InChI=1S/C17H13ClFN3O4/c1-8(23)26-15-6-13(11(19)4-10(15)18)22-17-9-3-16(25-2)14(24)5-12(9)20-7-21-17/h3-7,24H,1-2H3,(H,20,21,22). The monoisotopic (exact) mass is 377 g/mol. The number of phenols is 1. The number of nitrogens with one attached hydrogen (secondary N) is 1. The fourth-order valence-corrected chi connectivity index (χ4v) is 2.51. The highest BCUT2D eigenvalue weighted by atomic mass is 35.5.